The van der Waals surface area contributed by atoms with Crippen LogP contribution in [0.4, 0.5) is 0 Å². The van der Waals surface area contributed by atoms with E-state index in [2.05, 4.69) is 170 Å². The van der Waals surface area contributed by atoms with Gasteiger partial charge in [-0.1, -0.05) is 178 Å². The van der Waals surface area contributed by atoms with Crippen LogP contribution >= 0.6 is 0 Å². The molecule has 0 aliphatic heterocycles. The fourth-order valence-corrected chi connectivity index (χ4v) is 11.2. The van der Waals surface area contributed by atoms with Crippen LogP contribution in [-0.2, 0) is 38.0 Å². The second kappa shape index (κ2) is 29.7. The number of carbonyl (C=O) groups is 2. The van der Waals surface area contributed by atoms with Crippen molar-refractivity contribution < 1.29 is 50.4 Å². The largest absolute Gasteiger partial charge is 0.479 e. The van der Waals surface area contributed by atoms with Crippen molar-refractivity contribution in [2.75, 3.05) is 14.2 Å². The van der Waals surface area contributed by atoms with Crippen LogP contribution in [0.15, 0.2) is 121 Å². The number of esters is 1. The molecule has 8 N–H and O–H groups in total. The van der Waals surface area contributed by atoms with Gasteiger partial charge in [0.25, 0.3) is 0 Å². The zero-order valence-corrected chi connectivity index (χ0v) is 50.9. The molecule has 0 aromatic heterocycles. The summed E-state index contributed by atoms with van der Waals surface area (Å²) >= 11 is 0. The minimum atomic E-state index is -1.54. The molecular weight excluding hydrogens is 1000 g/mol. The average molecular weight is 1100 g/mol. The zero-order chi connectivity index (χ0) is 59.2. The molecule has 0 radical (unpaired) electrons. The summed E-state index contributed by atoms with van der Waals surface area (Å²) in [5, 5.41) is 57.6. The Balaban J connectivity index is 0.000000403. The molecule has 6 rings (SSSR count). The number of hydrogen-bond acceptors (Lipinski definition) is 8. The third kappa shape index (κ3) is 16.1. The van der Waals surface area contributed by atoms with Crippen molar-refractivity contribution in [3.8, 4) is 22.3 Å². The van der Waals surface area contributed by atoms with Gasteiger partial charge in [0.1, 0.15) is 0 Å². The summed E-state index contributed by atoms with van der Waals surface area (Å²) in [5.74, 6) is -1.92. The number of carbonyl (C=O) groups excluding carboxylic acids is 1. The molecule has 0 aliphatic rings. The van der Waals surface area contributed by atoms with Crippen LogP contribution < -0.4 is 0 Å². The highest BCUT2D eigenvalue weighted by molar-refractivity contribution is 5.78. The smallest absolute Gasteiger partial charge is 0.339 e. The molecular formula is C70H96O10. The first kappa shape index (κ1) is 68.3. The molecule has 10 heteroatoms. The third-order valence-corrected chi connectivity index (χ3v) is 16.8. The van der Waals surface area contributed by atoms with E-state index in [9.17, 15) is 35.1 Å². The molecule has 436 valence electrons. The van der Waals surface area contributed by atoms with Crippen LogP contribution in [0.3, 0.4) is 0 Å². The first-order valence-corrected chi connectivity index (χ1v) is 28.3. The van der Waals surface area contributed by atoms with Gasteiger partial charge in [0.05, 0.1) is 19.3 Å². The number of benzene rings is 6. The van der Waals surface area contributed by atoms with Crippen LogP contribution in [0.5, 0.6) is 0 Å². The van der Waals surface area contributed by atoms with Crippen molar-refractivity contribution in [1.29, 1.82) is 0 Å². The lowest BCUT2D eigenvalue weighted by atomic mass is 9.69. The fraction of sp³-hybridized carbons (Fsp3) is 0.457. The highest BCUT2D eigenvalue weighted by Crippen LogP contribution is 2.43. The van der Waals surface area contributed by atoms with E-state index in [1.54, 1.807) is 24.3 Å². The first-order chi connectivity index (χ1) is 37.2. The molecule has 0 amide bonds. The first-order valence-electron chi connectivity index (χ1n) is 28.3. The monoisotopic (exact) mass is 1100 g/mol. The summed E-state index contributed by atoms with van der Waals surface area (Å²) in [6.45, 7) is 30.0. The number of aliphatic carboxylic acids is 1. The second-order valence-corrected chi connectivity index (χ2v) is 23.7. The molecule has 0 saturated carbocycles. The van der Waals surface area contributed by atoms with E-state index < -0.39 is 24.1 Å². The molecule has 0 heterocycles. The summed E-state index contributed by atoms with van der Waals surface area (Å²) in [5.41, 5.74) is 16.9. The van der Waals surface area contributed by atoms with Crippen LogP contribution in [0.2, 0.25) is 0 Å². The molecule has 2 unspecified atom stereocenters. The topological polar surface area (TPSA) is 196 Å². The Morgan fingerprint density at radius 2 is 0.800 bits per heavy atom. The highest BCUT2D eigenvalue weighted by Gasteiger charge is 2.34. The van der Waals surface area contributed by atoms with E-state index in [0.29, 0.717) is 11.1 Å². The van der Waals surface area contributed by atoms with E-state index in [0.717, 1.165) is 91.9 Å². The van der Waals surface area contributed by atoms with Gasteiger partial charge in [0, 0.05) is 17.9 Å². The van der Waals surface area contributed by atoms with Crippen LogP contribution in [0, 0.1) is 38.5 Å². The lowest BCUT2D eigenvalue weighted by Gasteiger charge is -2.34. The summed E-state index contributed by atoms with van der Waals surface area (Å²) in [7, 11) is 2.28. The lowest BCUT2D eigenvalue weighted by Crippen LogP contribution is -2.27. The molecule has 0 spiro atoms. The Kier molecular flexibility index (Phi) is 25.3. The van der Waals surface area contributed by atoms with E-state index in [4.69, 9.17) is 9.84 Å². The lowest BCUT2D eigenvalue weighted by molar-refractivity contribution is -0.150. The van der Waals surface area contributed by atoms with Gasteiger partial charge in [0.15, 0.2) is 12.2 Å². The molecule has 80 heavy (non-hydrogen) atoms. The quantitative estimate of drug-likeness (QED) is 0.0403. The third-order valence-electron chi connectivity index (χ3n) is 16.8. The number of ether oxygens (including phenoxy) is 1. The molecule has 6 aromatic rings. The Bertz CT molecular complexity index is 2950. The Hall–Kier alpha value is -5.98. The Morgan fingerprint density at radius 3 is 1.09 bits per heavy atom. The summed E-state index contributed by atoms with van der Waals surface area (Å²) in [6.07, 6.45) is 3.62. The zero-order valence-electron chi connectivity index (χ0n) is 50.9. The number of hydrogen-bond donors (Lipinski definition) is 6. The van der Waals surface area contributed by atoms with E-state index in [1.807, 2.05) is 24.3 Å². The average Bonchev–Trinajstić information content (AvgIpc) is 3.43. The maximum absolute atomic E-state index is 11.9. The number of carboxylic acid groups (broad SMARTS) is 1. The van der Waals surface area contributed by atoms with Crippen molar-refractivity contribution >= 4 is 11.9 Å². The standard InChI is InChI=1S/C35H46O4.C34H44O4.CH4O.H2O/c1-9-35(10-2,28-16-14-25(23(3)20-28)15-19-31(36)34(5,6)7)29-17-18-30(24(4)21-29)26-12-11-13-27(22-26)32(37)33(38)39-8;1-8-34(9-2,27-15-13-24(22(3)19-27)14-18-30(35)33(5,6)7)28-16-17-29(23(4)20-28)25-11-10-12-26(21-25)31(36)32(37)38;1-2;/h11-14,16-18,20-22,31-32,36-37H,9-10,15,19H2,1-8H3;10-13,15-17,19-21,30-31,35-36H,8-9,14,18H2,1-7H3,(H,37,38);2H,1H3;1H2/t31?,32-;30?,31-;;/m11../s1. The Labute approximate surface area is 479 Å². The normalized spacial score (nSPS) is 13.3. The number of methoxy groups -OCH3 is 1. The van der Waals surface area contributed by atoms with Crippen LogP contribution in [0.1, 0.15) is 187 Å². The number of aliphatic hydroxyl groups excluding tert-OH is 5. The van der Waals surface area contributed by atoms with Crippen LogP contribution in [0.25, 0.3) is 22.3 Å². The molecule has 0 aliphatic carbocycles. The van der Waals surface area contributed by atoms with Gasteiger partial charge in [-0.05, 0) is 191 Å². The molecule has 0 bridgehead atoms. The van der Waals surface area contributed by atoms with E-state index >= 15 is 0 Å². The summed E-state index contributed by atoms with van der Waals surface area (Å²) in [4.78, 5) is 23.1. The minimum absolute atomic E-state index is 0. The van der Waals surface area contributed by atoms with Crippen molar-refractivity contribution in [1.82, 2.24) is 0 Å². The van der Waals surface area contributed by atoms with Gasteiger partial charge in [-0.25, -0.2) is 9.59 Å². The summed E-state index contributed by atoms with van der Waals surface area (Å²) < 4.78 is 4.71. The van der Waals surface area contributed by atoms with Gasteiger partial charge in [0.2, 0.25) is 0 Å². The van der Waals surface area contributed by atoms with Gasteiger partial charge in [-0.3, -0.25) is 0 Å². The number of rotatable bonds is 20. The van der Waals surface area contributed by atoms with Gasteiger partial charge < -0.3 is 40.9 Å². The predicted molar refractivity (Wildman–Crippen MR) is 327 cm³/mol. The van der Waals surface area contributed by atoms with Crippen LogP contribution in [-0.4, -0.2) is 74.5 Å². The molecule has 10 nitrogen and oxygen atoms in total. The highest BCUT2D eigenvalue weighted by atomic mass is 16.5. The number of aliphatic hydroxyl groups is 5. The minimum Gasteiger partial charge on any atom is -0.479 e. The van der Waals surface area contributed by atoms with Gasteiger partial charge in [-0.15, -0.1) is 0 Å². The van der Waals surface area contributed by atoms with Crippen molar-refractivity contribution in [2.45, 2.75) is 184 Å². The SMILES string of the molecule is CCC(CC)(c1ccc(CCC(O)C(C)(C)C)c(C)c1)c1ccc(-c2cccc([C@@H](O)C(=O)O)c2)c(C)c1.CCC(CC)(c1ccc(CCC(O)C(C)(C)C)c(C)c1)c1ccc(-c2cccc([C@@H](O)C(=O)OC)c2)c(C)c1.CO.O. The number of aryl methyl sites for hydroxylation is 6. The van der Waals surface area contributed by atoms with Crippen molar-refractivity contribution in [3.63, 3.8) is 0 Å². The van der Waals surface area contributed by atoms with E-state index in [-0.39, 0.29) is 39.3 Å². The van der Waals surface area contributed by atoms with E-state index in [1.165, 1.54) is 51.6 Å². The maximum Gasteiger partial charge on any atom is 0.339 e. The van der Waals surface area contributed by atoms with Crippen molar-refractivity contribution in [3.05, 3.63) is 188 Å². The maximum atomic E-state index is 11.9. The summed E-state index contributed by atoms with van der Waals surface area (Å²) in [6, 6.07) is 41.5. The second-order valence-electron chi connectivity index (χ2n) is 23.7. The van der Waals surface area contributed by atoms with Gasteiger partial charge >= 0.3 is 11.9 Å². The molecule has 0 saturated heterocycles. The molecule has 0 fully saturated rings. The Morgan fingerprint density at radius 1 is 0.475 bits per heavy atom. The molecule has 4 atom stereocenters. The number of carboxylic acids is 1. The van der Waals surface area contributed by atoms with Crippen molar-refractivity contribution in [2.24, 2.45) is 10.8 Å². The van der Waals surface area contributed by atoms with Gasteiger partial charge in [-0.2, -0.15) is 0 Å². The fourth-order valence-electron chi connectivity index (χ4n) is 11.2. The predicted octanol–water partition coefficient (Wildman–Crippen LogP) is 13.9. The molecule has 6 aromatic carbocycles.